The molecule has 1 aromatic rings. The molecule has 0 aliphatic carbocycles. The van der Waals surface area contributed by atoms with Crippen LogP contribution in [-0.4, -0.2) is 56.6 Å². The number of terminal acetylenes is 1. The van der Waals surface area contributed by atoms with E-state index in [-0.39, 0.29) is 38.0 Å². The summed E-state index contributed by atoms with van der Waals surface area (Å²) in [5.74, 6) is 2.40. The first kappa shape index (κ1) is 21.3. The number of amides is 1. The van der Waals surface area contributed by atoms with Gasteiger partial charge in [0, 0.05) is 6.61 Å². The van der Waals surface area contributed by atoms with Crippen molar-refractivity contribution in [3.05, 3.63) is 5.82 Å². The van der Waals surface area contributed by atoms with Crippen LogP contribution in [0.25, 0.3) is 0 Å². The molecule has 0 spiro atoms. The van der Waals surface area contributed by atoms with E-state index in [1.165, 1.54) is 4.68 Å². The van der Waals surface area contributed by atoms with Crippen molar-refractivity contribution < 1.29 is 19.5 Å². The van der Waals surface area contributed by atoms with Gasteiger partial charge in [-0.2, -0.15) is 0 Å². The van der Waals surface area contributed by atoms with Gasteiger partial charge in [-0.25, -0.2) is 4.68 Å². The van der Waals surface area contributed by atoms with Gasteiger partial charge in [-0.3, -0.25) is 4.79 Å². The number of rotatable bonds is 10. The molecule has 12 heteroatoms. The molecule has 0 fully saturated rings. The number of unbranched alkanes of at least 4 members (excludes halogenated alkanes) is 1. The normalized spacial score (nSPS) is 11.2. The molecule has 10 nitrogen and oxygen atoms in total. The summed E-state index contributed by atoms with van der Waals surface area (Å²) < 4.78 is 5.91. The summed E-state index contributed by atoms with van der Waals surface area (Å²) >= 11 is 0. The summed E-state index contributed by atoms with van der Waals surface area (Å²) in [7, 11) is -1.76. The van der Waals surface area contributed by atoms with Crippen LogP contribution in [0.15, 0.2) is 0 Å². The summed E-state index contributed by atoms with van der Waals surface area (Å²) in [6.45, 7) is 0.292. The minimum Gasteiger partial charge on any atom is -0.402 e. The molecule has 0 aromatic carbocycles. The fourth-order valence-corrected chi connectivity index (χ4v) is 1.72. The minimum absolute atomic E-state index is 0. The Morgan fingerprint density at radius 2 is 2.26 bits per heavy atom. The zero-order chi connectivity index (χ0) is 16.4. The van der Waals surface area contributed by atoms with Gasteiger partial charge >= 0.3 is 7.32 Å². The maximum atomic E-state index is 11.6. The van der Waals surface area contributed by atoms with Gasteiger partial charge in [-0.05, 0) is 29.7 Å². The molecular weight excluding hydrogens is 326 g/mol. The van der Waals surface area contributed by atoms with E-state index < -0.39 is 13.4 Å². The van der Waals surface area contributed by atoms with Crippen LogP contribution in [0, 0.1) is 12.3 Å². The lowest BCUT2D eigenvalue weighted by molar-refractivity contribution is -0.121. The second-order valence-electron chi connectivity index (χ2n) is 4.47. The van der Waals surface area contributed by atoms with Crippen molar-refractivity contribution in [3.63, 3.8) is 0 Å². The quantitative estimate of drug-likeness (QED) is 0.216. The smallest absolute Gasteiger partial charge is 0.402 e. The Bertz CT molecular complexity index is 509. The number of nitrogens with two attached hydrogens (primary N) is 1. The van der Waals surface area contributed by atoms with Crippen molar-refractivity contribution in [2.75, 3.05) is 13.2 Å². The molecule has 0 radical (unpaired) electrons. The zero-order valence-corrected chi connectivity index (χ0v) is 13.3. The van der Waals surface area contributed by atoms with Gasteiger partial charge < -0.3 is 25.8 Å². The Kier molecular flexibility index (Phi) is 10.9. The average molecular weight is 347 g/mol. The second kappa shape index (κ2) is 11.8. The summed E-state index contributed by atoms with van der Waals surface area (Å²) in [4.78, 5) is 11.6. The predicted molar refractivity (Wildman–Crippen MR) is 83.8 cm³/mol. The number of hydrogen-bond donors (Lipinski definition) is 4. The van der Waals surface area contributed by atoms with E-state index in [1.54, 1.807) is 0 Å². The molecule has 1 aromatic heterocycles. The highest BCUT2D eigenvalue weighted by Gasteiger charge is 2.17. The van der Waals surface area contributed by atoms with Crippen molar-refractivity contribution in [1.29, 1.82) is 0 Å². The molecule has 0 bridgehead atoms. The largest absolute Gasteiger partial charge is 0.633 e. The van der Waals surface area contributed by atoms with Gasteiger partial charge in [0.1, 0.15) is 6.54 Å². The standard InChI is InChI=1S/C11H19BN6O4.ClH/c1-2-6-14-10(19)8-18-11(15-16-17-18)9(13)5-3-4-7-22-12(20)21;/h1,9,20-21H,3-8,13H2,(H,14,19);1H/t9-;/m1./s1. The molecule has 0 saturated heterocycles. The van der Waals surface area contributed by atoms with Crippen LogP contribution in [0.2, 0.25) is 0 Å². The van der Waals surface area contributed by atoms with E-state index in [0.717, 1.165) is 0 Å². The third-order valence-electron chi connectivity index (χ3n) is 2.75. The van der Waals surface area contributed by atoms with Crippen LogP contribution < -0.4 is 11.1 Å². The topological polar surface area (TPSA) is 148 Å². The number of nitrogens with one attached hydrogen (secondary N) is 1. The Labute approximate surface area is 140 Å². The minimum atomic E-state index is -1.76. The maximum Gasteiger partial charge on any atom is 0.633 e. The lowest BCUT2D eigenvalue weighted by Gasteiger charge is -2.11. The zero-order valence-electron chi connectivity index (χ0n) is 12.5. The van der Waals surface area contributed by atoms with E-state index >= 15 is 0 Å². The molecule has 0 aliphatic heterocycles. The number of halogens is 1. The van der Waals surface area contributed by atoms with Crippen molar-refractivity contribution >= 4 is 25.6 Å². The molecule has 1 atom stereocenters. The van der Waals surface area contributed by atoms with Crippen molar-refractivity contribution in [2.45, 2.75) is 31.8 Å². The number of aromatic nitrogens is 4. The van der Waals surface area contributed by atoms with Gasteiger partial charge in [-0.1, -0.05) is 5.92 Å². The first-order valence-electron chi connectivity index (χ1n) is 6.74. The average Bonchev–Trinajstić information content (AvgIpc) is 2.92. The second-order valence-corrected chi connectivity index (χ2v) is 4.47. The maximum absolute atomic E-state index is 11.6. The van der Waals surface area contributed by atoms with Gasteiger partial charge in [-0.15, -0.1) is 23.9 Å². The van der Waals surface area contributed by atoms with Crippen molar-refractivity contribution in [1.82, 2.24) is 25.5 Å². The van der Waals surface area contributed by atoms with E-state index in [9.17, 15) is 4.79 Å². The van der Waals surface area contributed by atoms with Crippen LogP contribution in [0.4, 0.5) is 0 Å². The molecule has 1 rings (SSSR count). The molecule has 23 heavy (non-hydrogen) atoms. The van der Waals surface area contributed by atoms with Crippen LogP contribution in [0.1, 0.15) is 31.1 Å². The molecular formula is C11H20BClN6O4. The van der Waals surface area contributed by atoms with E-state index in [4.69, 9.17) is 22.2 Å². The number of nitrogens with zero attached hydrogens (tertiary/aromatic N) is 4. The summed E-state index contributed by atoms with van der Waals surface area (Å²) in [5.41, 5.74) is 5.99. The van der Waals surface area contributed by atoms with Gasteiger partial charge in [0.05, 0.1) is 12.6 Å². The Morgan fingerprint density at radius 3 is 2.91 bits per heavy atom. The van der Waals surface area contributed by atoms with E-state index in [2.05, 4.69) is 31.4 Å². The van der Waals surface area contributed by atoms with Crippen molar-refractivity contribution in [3.8, 4) is 12.3 Å². The summed E-state index contributed by atoms with van der Waals surface area (Å²) in [5, 5.41) is 30.6. The van der Waals surface area contributed by atoms with Crippen LogP contribution in [0.3, 0.4) is 0 Å². The Morgan fingerprint density at radius 1 is 1.52 bits per heavy atom. The fraction of sp³-hybridized carbons (Fsp3) is 0.636. The number of carbonyl (C=O) groups is 1. The first-order chi connectivity index (χ1) is 10.5. The third-order valence-corrected chi connectivity index (χ3v) is 2.75. The lowest BCUT2D eigenvalue weighted by Crippen LogP contribution is -2.30. The van der Waals surface area contributed by atoms with E-state index in [0.29, 0.717) is 25.1 Å². The molecule has 1 amide bonds. The molecule has 0 unspecified atom stereocenters. The predicted octanol–water partition coefficient (Wildman–Crippen LogP) is -2.00. The molecule has 128 valence electrons. The molecule has 0 aliphatic rings. The lowest BCUT2D eigenvalue weighted by atomic mass is 10.1. The van der Waals surface area contributed by atoms with Gasteiger partial charge in [0.2, 0.25) is 5.91 Å². The summed E-state index contributed by atoms with van der Waals surface area (Å²) in [6.07, 6.45) is 6.91. The SMILES string of the molecule is C#CCNC(=O)Cn1nnnc1[C@H](N)CCCCOB(O)O.Cl. The molecule has 1 heterocycles. The van der Waals surface area contributed by atoms with Crippen molar-refractivity contribution in [2.24, 2.45) is 5.73 Å². The Hall–Kier alpha value is -1.71. The van der Waals surface area contributed by atoms with Crippen LogP contribution in [0.5, 0.6) is 0 Å². The third kappa shape index (κ3) is 8.48. The first-order valence-corrected chi connectivity index (χ1v) is 6.74. The highest BCUT2D eigenvalue weighted by Crippen LogP contribution is 2.13. The fourth-order valence-electron chi connectivity index (χ4n) is 1.72. The Balaban J connectivity index is 0.00000484. The molecule has 5 N–H and O–H groups in total. The number of carbonyl (C=O) groups excluding carboxylic acids is 1. The van der Waals surface area contributed by atoms with E-state index in [1.807, 2.05) is 0 Å². The van der Waals surface area contributed by atoms with Gasteiger partial charge in [0.15, 0.2) is 5.82 Å². The van der Waals surface area contributed by atoms with Crippen LogP contribution in [-0.2, 0) is 16.0 Å². The van der Waals surface area contributed by atoms with Crippen LogP contribution >= 0.6 is 12.4 Å². The highest BCUT2D eigenvalue weighted by atomic mass is 35.5. The number of hydrogen-bond acceptors (Lipinski definition) is 8. The monoisotopic (exact) mass is 346 g/mol. The number of tetrazole rings is 1. The van der Waals surface area contributed by atoms with Gasteiger partial charge in [0.25, 0.3) is 0 Å². The highest BCUT2D eigenvalue weighted by molar-refractivity contribution is 6.32. The summed E-state index contributed by atoms with van der Waals surface area (Å²) in [6, 6.07) is -0.436. The molecule has 0 saturated carbocycles.